The first-order valence-electron chi connectivity index (χ1n) is 5.22. The monoisotopic (exact) mass is 259 g/mol. The van der Waals surface area contributed by atoms with Gasteiger partial charge in [-0.05, 0) is 18.3 Å². The lowest BCUT2D eigenvalue weighted by atomic mass is 10.1. The molecule has 0 aliphatic heterocycles. The highest BCUT2D eigenvalue weighted by Gasteiger charge is 2.12. The summed E-state index contributed by atoms with van der Waals surface area (Å²) in [6.45, 7) is 0. The van der Waals surface area contributed by atoms with Gasteiger partial charge in [0.2, 0.25) is 4.77 Å². The number of benzene rings is 1. The second-order valence-corrected chi connectivity index (χ2v) is 4.19. The van der Waals surface area contributed by atoms with Crippen molar-refractivity contribution in [1.82, 2.24) is 19.9 Å². The number of nitrogen functional groups attached to an aromatic ring is 1. The van der Waals surface area contributed by atoms with Crippen LogP contribution < -0.4 is 11.4 Å². The zero-order valence-corrected chi connectivity index (χ0v) is 9.99. The molecule has 7 heteroatoms. The Morgan fingerprint density at radius 2 is 2.11 bits per heavy atom. The number of rotatable bonds is 1. The number of fused-ring (bicyclic) bond motifs is 1. The average molecular weight is 259 g/mol. The van der Waals surface area contributed by atoms with Gasteiger partial charge in [0.1, 0.15) is 0 Å². The van der Waals surface area contributed by atoms with Gasteiger partial charge in [0.15, 0.2) is 5.69 Å². The second kappa shape index (κ2) is 3.81. The zero-order valence-electron chi connectivity index (χ0n) is 9.18. The predicted octanol–water partition coefficient (Wildman–Crippen LogP) is 1.16. The van der Waals surface area contributed by atoms with Gasteiger partial charge in [-0.25, -0.2) is 0 Å². The van der Waals surface area contributed by atoms with Crippen molar-refractivity contribution in [2.75, 3.05) is 5.84 Å². The smallest absolute Gasteiger partial charge is 0.299 e. The van der Waals surface area contributed by atoms with Gasteiger partial charge in [-0.15, -0.1) is 0 Å². The molecular formula is C11H9N5OS. The number of H-pyrrole nitrogens is 2. The van der Waals surface area contributed by atoms with E-state index in [0.29, 0.717) is 5.56 Å². The molecule has 0 spiro atoms. The average Bonchev–Trinajstić information content (AvgIpc) is 2.80. The number of hydrogen-bond acceptors (Lipinski definition) is 4. The number of hydrogen-bond donors (Lipinski definition) is 3. The number of para-hydroxylation sites is 1. The quantitative estimate of drug-likeness (QED) is 0.451. The molecule has 0 bridgehead atoms. The Kier molecular flexibility index (Phi) is 2.27. The second-order valence-electron chi connectivity index (χ2n) is 3.80. The molecule has 3 rings (SSSR count). The van der Waals surface area contributed by atoms with Crippen molar-refractivity contribution in [3.8, 4) is 11.3 Å². The molecule has 0 aliphatic carbocycles. The summed E-state index contributed by atoms with van der Waals surface area (Å²) in [7, 11) is 0. The summed E-state index contributed by atoms with van der Waals surface area (Å²) in [5.41, 5.74) is 1.44. The van der Waals surface area contributed by atoms with Crippen LogP contribution in [0.5, 0.6) is 0 Å². The van der Waals surface area contributed by atoms with E-state index in [1.54, 1.807) is 6.20 Å². The Bertz CT molecular complexity index is 844. The van der Waals surface area contributed by atoms with Gasteiger partial charge in [-0.1, -0.05) is 18.2 Å². The number of aromatic amines is 2. The lowest BCUT2D eigenvalue weighted by Crippen LogP contribution is -2.30. The van der Waals surface area contributed by atoms with Crippen LogP contribution in [0.3, 0.4) is 0 Å². The number of nitrogens with two attached hydrogens (primary N) is 1. The highest BCUT2D eigenvalue weighted by atomic mass is 32.1. The molecule has 4 N–H and O–H groups in total. The highest BCUT2D eigenvalue weighted by Crippen LogP contribution is 2.24. The van der Waals surface area contributed by atoms with Crippen LogP contribution in [0.15, 0.2) is 35.3 Å². The molecule has 0 saturated heterocycles. The normalized spacial score (nSPS) is 10.9. The first-order chi connectivity index (χ1) is 8.68. The first-order valence-corrected chi connectivity index (χ1v) is 5.62. The Morgan fingerprint density at radius 1 is 1.33 bits per heavy atom. The van der Waals surface area contributed by atoms with E-state index in [-0.39, 0.29) is 10.5 Å². The van der Waals surface area contributed by atoms with E-state index >= 15 is 0 Å². The summed E-state index contributed by atoms with van der Waals surface area (Å²) in [4.78, 5) is 15.1. The van der Waals surface area contributed by atoms with E-state index in [2.05, 4.69) is 15.2 Å². The fraction of sp³-hybridized carbons (Fsp3) is 0. The molecule has 2 aromatic heterocycles. The largest absolute Gasteiger partial charge is 0.360 e. The van der Waals surface area contributed by atoms with Crippen molar-refractivity contribution in [1.29, 1.82) is 0 Å². The van der Waals surface area contributed by atoms with Gasteiger partial charge < -0.3 is 10.8 Å². The Hall–Kier alpha value is -2.41. The van der Waals surface area contributed by atoms with E-state index in [0.717, 1.165) is 15.6 Å². The number of nitrogens with zero attached hydrogens (tertiary/aromatic N) is 2. The minimum absolute atomic E-state index is 0.0867. The minimum Gasteiger partial charge on any atom is -0.360 e. The fourth-order valence-corrected chi connectivity index (χ4v) is 1.98. The van der Waals surface area contributed by atoms with Crippen LogP contribution >= 0.6 is 12.2 Å². The molecule has 90 valence electrons. The molecule has 0 fully saturated rings. The predicted molar refractivity (Wildman–Crippen MR) is 71.1 cm³/mol. The van der Waals surface area contributed by atoms with E-state index in [9.17, 15) is 4.79 Å². The Labute approximate surface area is 106 Å². The highest BCUT2D eigenvalue weighted by molar-refractivity contribution is 7.71. The summed E-state index contributed by atoms with van der Waals surface area (Å²) in [5.74, 6) is 5.55. The van der Waals surface area contributed by atoms with Gasteiger partial charge in [0, 0.05) is 22.7 Å². The van der Waals surface area contributed by atoms with Crippen LogP contribution in [0, 0.1) is 4.77 Å². The van der Waals surface area contributed by atoms with Crippen LogP contribution in [0.2, 0.25) is 0 Å². The summed E-state index contributed by atoms with van der Waals surface area (Å²) >= 11 is 4.84. The van der Waals surface area contributed by atoms with E-state index in [1.807, 2.05) is 24.3 Å². The number of aromatic nitrogens is 4. The van der Waals surface area contributed by atoms with Gasteiger partial charge in [-0.2, -0.15) is 9.77 Å². The van der Waals surface area contributed by atoms with Crippen molar-refractivity contribution in [2.45, 2.75) is 0 Å². The van der Waals surface area contributed by atoms with Crippen LogP contribution in [0.25, 0.3) is 22.2 Å². The molecule has 6 nitrogen and oxygen atoms in total. The molecule has 1 aromatic carbocycles. The maximum Gasteiger partial charge on any atom is 0.299 e. The van der Waals surface area contributed by atoms with Crippen molar-refractivity contribution >= 4 is 23.1 Å². The van der Waals surface area contributed by atoms with Gasteiger partial charge in [0.25, 0.3) is 5.56 Å². The third-order valence-electron chi connectivity index (χ3n) is 2.75. The lowest BCUT2D eigenvalue weighted by molar-refractivity contribution is 0.807. The van der Waals surface area contributed by atoms with Crippen molar-refractivity contribution in [3.05, 3.63) is 45.6 Å². The molecule has 18 heavy (non-hydrogen) atoms. The SMILES string of the molecule is Nn1c(=S)[nH]nc(-c2c[nH]c3ccccc23)c1=O. The van der Waals surface area contributed by atoms with Crippen LogP contribution in [-0.4, -0.2) is 19.9 Å². The van der Waals surface area contributed by atoms with E-state index in [1.165, 1.54) is 0 Å². The van der Waals surface area contributed by atoms with Crippen LogP contribution in [0.1, 0.15) is 0 Å². The summed E-state index contributed by atoms with van der Waals surface area (Å²) in [6.07, 6.45) is 1.73. The molecule has 0 atom stereocenters. The fourth-order valence-electron chi connectivity index (χ4n) is 1.85. The molecule has 0 radical (unpaired) electrons. The third kappa shape index (κ3) is 1.45. The van der Waals surface area contributed by atoms with Crippen molar-refractivity contribution < 1.29 is 0 Å². The van der Waals surface area contributed by atoms with Crippen molar-refractivity contribution in [2.24, 2.45) is 0 Å². The molecule has 0 unspecified atom stereocenters. The minimum atomic E-state index is -0.427. The Balaban J connectivity index is 2.37. The summed E-state index contributed by atoms with van der Waals surface area (Å²) in [5, 5.41) is 7.43. The van der Waals surface area contributed by atoms with E-state index in [4.69, 9.17) is 18.1 Å². The van der Waals surface area contributed by atoms with Gasteiger partial charge in [-0.3, -0.25) is 9.89 Å². The van der Waals surface area contributed by atoms with Gasteiger partial charge >= 0.3 is 0 Å². The molecule has 0 amide bonds. The number of nitrogens with one attached hydrogen (secondary N) is 2. The Morgan fingerprint density at radius 3 is 2.94 bits per heavy atom. The standard InChI is InChI=1S/C11H9N5OS/c12-16-10(17)9(14-15-11(16)18)7-5-13-8-4-2-1-3-6(7)8/h1-5,13H,12H2,(H,15,18). The van der Waals surface area contributed by atoms with E-state index < -0.39 is 5.56 Å². The molecular weight excluding hydrogens is 250 g/mol. The third-order valence-corrected chi connectivity index (χ3v) is 3.04. The maximum atomic E-state index is 12.0. The summed E-state index contributed by atoms with van der Waals surface area (Å²) < 4.78 is 0.961. The molecule has 3 aromatic rings. The maximum absolute atomic E-state index is 12.0. The first kappa shape index (κ1) is 10.7. The molecule has 0 saturated carbocycles. The van der Waals surface area contributed by atoms with Crippen molar-refractivity contribution in [3.63, 3.8) is 0 Å². The summed E-state index contributed by atoms with van der Waals surface area (Å²) in [6, 6.07) is 7.64. The zero-order chi connectivity index (χ0) is 12.7. The van der Waals surface area contributed by atoms with Crippen LogP contribution in [-0.2, 0) is 0 Å². The molecule has 0 aliphatic rings. The topological polar surface area (TPSA) is 92.5 Å². The van der Waals surface area contributed by atoms with Gasteiger partial charge in [0.05, 0.1) is 0 Å². The van der Waals surface area contributed by atoms with Crippen LogP contribution in [0.4, 0.5) is 0 Å². The molecule has 2 heterocycles. The lowest BCUT2D eigenvalue weighted by Gasteiger charge is -2.01.